The summed E-state index contributed by atoms with van der Waals surface area (Å²) in [6, 6.07) is 7.62. The minimum Gasteiger partial charge on any atom is -0.493 e. The Hall–Kier alpha value is -2.04. The van der Waals surface area contributed by atoms with Crippen LogP contribution in [-0.2, 0) is 5.54 Å². The topological polar surface area (TPSA) is 67.9 Å². The highest BCUT2D eigenvalue weighted by Gasteiger charge is 2.53. The second kappa shape index (κ2) is 3.98. The van der Waals surface area contributed by atoms with Crippen LogP contribution in [0.15, 0.2) is 29.3 Å². The number of hydrogen-bond acceptors (Lipinski definition) is 3. The van der Waals surface area contributed by atoms with Crippen molar-refractivity contribution in [3.63, 3.8) is 0 Å². The Morgan fingerprint density at radius 2 is 2.20 bits per heavy atom. The number of fused-ring (bicyclic) bond motifs is 2. The Bertz CT molecular complexity index is 609. The molecule has 4 rings (SSSR count). The molecule has 1 saturated carbocycles. The van der Waals surface area contributed by atoms with Crippen molar-refractivity contribution in [3.05, 3.63) is 29.8 Å². The summed E-state index contributed by atoms with van der Waals surface area (Å²) in [5.41, 5.74) is 6.55. The lowest BCUT2D eigenvalue weighted by Gasteiger charge is -2.42. The molecule has 104 valence electrons. The standard InChI is InChI=1S/C15H17N3O2/c16-13-15(18(14(19)17-13)9-10-5-6-10)7-8-20-12-4-2-1-3-11(12)15/h1-4,10H,5-9H2,(H2,16,17,19). The van der Waals surface area contributed by atoms with Gasteiger partial charge in [0.15, 0.2) is 0 Å². The summed E-state index contributed by atoms with van der Waals surface area (Å²) in [6.45, 7) is 1.30. The van der Waals surface area contributed by atoms with Gasteiger partial charge in [0.05, 0.1) is 6.61 Å². The maximum absolute atomic E-state index is 12.2. The fourth-order valence-corrected chi connectivity index (χ4v) is 3.27. The van der Waals surface area contributed by atoms with Crippen molar-refractivity contribution in [2.45, 2.75) is 24.8 Å². The Labute approximate surface area is 117 Å². The summed E-state index contributed by atoms with van der Waals surface area (Å²) < 4.78 is 5.71. The van der Waals surface area contributed by atoms with E-state index in [1.54, 1.807) is 0 Å². The molecule has 1 atom stereocenters. The van der Waals surface area contributed by atoms with Crippen LogP contribution >= 0.6 is 0 Å². The number of carbonyl (C=O) groups excluding carboxylic acids is 1. The fraction of sp³-hybridized carbons (Fsp3) is 0.467. The molecular weight excluding hydrogens is 254 g/mol. The minimum absolute atomic E-state index is 0.203. The molecule has 2 N–H and O–H groups in total. The molecule has 5 heteroatoms. The van der Waals surface area contributed by atoms with Gasteiger partial charge in [-0.2, -0.15) is 4.99 Å². The van der Waals surface area contributed by atoms with Gasteiger partial charge in [0, 0.05) is 18.5 Å². The summed E-state index contributed by atoms with van der Waals surface area (Å²) in [6.07, 6.45) is 3.06. The number of nitrogens with two attached hydrogens (primary N) is 1. The number of urea groups is 1. The van der Waals surface area contributed by atoms with Crippen molar-refractivity contribution in [1.29, 1.82) is 0 Å². The van der Waals surface area contributed by atoms with E-state index < -0.39 is 5.54 Å². The van der Waals surface area contributed by atoms with E-state index in [4.69, 9.17) is 10.5 Å². The Kier molecular flexibility index (Phi) is 2.34. The summed E-state index contributed by atoms with van der Waals surface area (Å²) in [4.78, 5) is 18.2. The van der Waals surface area contributed by atoms with E-state index in [9.17, 15) is 4.79 Å². The predicted octanol–water partition coefficient (Wildman–Crippen LogP) is 1.87. The molecule has 2 aliphatic heterocycles. The molecule has 5 nitrogen and oxygen atoms in total. The van der Waals surface area contributed by atoms with Gasteiger partial charge in [0.25, 0.3) is 0 Å². The monoisotopic (exact) mass is 271 g/mol. The zero-order chi connectivity index (χ0) is 13.7. The zero-order valence-electron chi connectivity index (χ0n) is 11.2. The number of nitrogens with zero attached hydrogens (tertiary/aromatic N) is 2. The van der Waals surface area contributed by atoms with Gasteiger partial charge in [-0.3, -0.25) is 0 Å². The first kappa shape index (κ1) is 11.8. The van der Waals surface area contributed by atoms with Crippen LogP contribution in [0, 0.1) is 5.92 Å². The first-order valence-corrected chi connectivity index (χ1v) is 7.10. The van der Waals surface area contributed by atoms with Crippen LogP contribution in [0.3, 0.4) is 0 Å². The van der Waals surface area contributed by atoms with Crippen LogP contribution in [0.5, 0.6) is 5.75 Å². The van der Waals surface area contributed by atoms with Gasteiger partial charge in [0.1, 0.15) is 17.1 Å². The number of para-hydroxylation sites is 1. The number of benzene rings is 1. The highest BCUT2D eigenvalue weighted by molar-refractivity contribution is 6.06. The first-order valence-electron chi connectivity index (χ1n) is 7.10. The Morgan fingerprint density at radius 3 is 3.00 bits per heavy atom. The summed E-state index contributed by atoms with van der Waals surface area (Å²) in [5.74, 6) is 1.83. The molecular formula is C15H17N3O2. The molecule has 1 aromatic rings. The predicted molar refractivity (Wildman–Crippen MR) is 74.7 cm³/mol. The van der Waals surface area contributed by atoms with Crippen molar-refractivity contribution in [2.75, 3.05) is 13.2 Å². The van der Waals surface area contributed by atoms with Crippen LogP contribution in [0.4, 0.5) is 4.79 Å². The van der Waals surface area contributed by atoms with Crippen LogP contribution in [-0.4, -0.2) is 29.9 Å². The molecule has 2 amide bonds. The molecule has 0 saturated heterocycles. The number of carbonyl (C=O) groups is 1. The molecule has 0 bridgehead atoms. The van der Waals surface area contributed by atoms with Crippen molar-refractivity contribution < 1.29 is 9.53 Å². The van der Waals surface area contributed by atoms with E-state index >= 15 is 0 Å². The molecule has 0 aromatic heterocycles. The number of ether oxygens (including phenoxy) is 1. The first-order chi connectivity index (χ1) is 9.72. The number of rotatable bonds is 2. The number of amidine groups is 1. The van der Waals surface area contributed by atoms with Crippen LogP contribution in [0.1, 0.15) is 24.8 Å². The third kappa shape index (κ3) is 1.49. The van der Waals surface area contributed by atoms with Crippen LogP contribution < -0.4 is 10.5 Å². The van der Waals surface area contributed by atoms with Gasteiger partial charge >= 0.3 is 6.03 Å². The number of aliphatic imine (C=N–C) groups is 1. The van der Waals surface area contributed by atoms with Crippen molar-refractivity contribution in [2.24, 2.45) is 16.6 Å². The van der Waals surface area contributed by atoms with Gasteiger partial charge in [0.2, 0.25) is 0 Å². The summed E-state index contributed by atoms with van der Waals surface area (Å²) in [7, 11) is 0. The quantitative estimate of drug-likeness (QED) is 0.892. The highest BCUT2D eigenvalue weighted by Crippen LogP contribution is 2.46. The van der Waals surface area contributed by atoms with Crippen LogP contribution in [0.25, 0.3) is 0 Å². The summed E-state index contributed by atoms with van der Waals surface area (Å²) >= 11 is 0. The molecule has 1 aromatic carbocycles. The maximum Gasteiger partial charge on any atom is 0.346 e. The van der Waals surface area contributed by atoms with E-state index in [2.05, 4.69) is 4.99 Å². The van der Waals surface area contributed by atoms with Crippen molar-refractivity contribution in [3.8, 4) is 5.75 Å². The smallest absolute Gasteiger partial charge is 0.346 e. The van der Waals surface area contributed by atoms with Crippen molar-refractivity contribution in [1.82, 2.24) is 4.90 Å². The van der Waals surface area contributed by atoms with E-state index in [-0.39, 0.29) is 6.03 Å². The summed E-state index contributed by atoms with van der Waals surface area (Å²) in [5, 5.41) is 0. The van der Waals surface area contributed by atoms with E-state index in [1.807, 2.05) is 29.2 Å². The number of amides is 2. The third-order valence-corrected chi connectivity index (χ3v) is 4.52. The molecule has 3 aliphatic rings. The zero-order valence-corrected chi connectivity index (χ0v) is 11.2. The lowest BCUT2D eigenvalue weighted by molar-refractivity contribution is 0.126. The molecule has 1 fully saturated rings. The largest absolute Gasteiger partial charge is 0.493 e. The Balaban J connectivity index is 1.84. The van der Waals surface area contributed by atoms with Gasteiger partial charge in [-0.25, -0.2) is 4.79 Å². The second-order valence-electron chi connectivity index (χ2n) is 5.79. The number of hydrogen-bond donors (Lipinski definition) is 1. The average Bonchev–Trinajstić information content (AvgIpc) is 3.24. The lowest BCUT2D eigenvalue weighted by Crippen LogP contribution is -2.54. The maximum atomic E-state index is 12.2. The lowest BCUT2D eigenvalue weighted by atomic mass is 9.82. The van der Waals surface area contributed by atoms with Crippen LogP contribution in [0.2, 0.25) is 0 Å². The van der Waals surface area contributed by atoms with Gasteiger partial charge < -0.3 is 15.4 Å². The van der Waals surface area contributed by atoms with Gasteiger partial charge in [-0.15, -0.1) is 0 Å². The average molecular weight is 271 g/mol. The van der Waals surface area contributed by atoms with E-state index in [0.29, 0.717) is 24.8 Å². The fourth-order valence-electron chi connectivity index (χ4n) is 3.27. The normalized spacial score (nSPS) is 28.3. The minimum atomic E-state index is -0.589. The SMILES string of the molecule is NC1=NC(=O)N(CC2CC2)C12CCOc1ccccc12. The second-order valence-corrected chi connectivity index (χ2v) is 5.79. The van der Waals surface area contributed by atoms with Gasteiger partial charge in [-0.1, -0.05) is 18.2 Å². The third-order valence-electron chi connectivity index (χ3n) is 4.52. The van der Waals surface area contributed by atoms with Gasteiger partial charge in [-0.05, 0) is 24.8 Å². The molecule has 1 aliphatic carbocycles. The van der Waals surface area contributed by atoms with Crippen molar-refractivity contribution >= 4 is 11.9 Å². The molecule has 0 radical (unpaired) electrons. The Morgan fingerprint density at radius 1 is 1.40 bits per heavy atom. The van der Waals surface area contributed by atoms with E-state index in [1.165, 1.54) is 12.8 Å². The molecule has 1 spiro atoms. The molecule has 2 heterocycles. The van der Waals surface area contributed by atoms with E-state index in [0.717, 1.165) is 17.9 Å². The molecule has 1 unspecified atom stereocenters. The highest BCUT2D eigenvalue weighted by atomic mass is 16.5. The molecule has 20 heavy (non-hydrogen) atoms.